The van der Waals surface area contributed by atoms with E-state index in [0.29, 0.717) is 15.4 Å². The van der Waals surface area contributed by atoms with Crippen molar-refractivity contribution >= 4 is 39.3 Å². The number of aromatic carboxylic acids is 1. The van der Waals surface area contributed by atoms with Crippen LogP contribution in [0, 0.1) is 0 Å². The fourth-order valence-corrected chi connectivity index (χ4v) is 2.29. The quantitative estimate of drug-likeness (QED) is 0.658. The van der Waals surface area contributed by atoms with Gasteiger partial charge in [0.05, 0.1) is 0 Å². The zero-order chi connectivity index (χ0) is 11.7. The number of alkyl halides is 1. The SMILES string of the molecule is O=C(O)c1c(O)c(CI)cc2ccccc12. The van der Waals surface area contributed by atoms with Crippen molar-refractivity contribution in [1.82, 2.24) is 0 Å². The van der Waals surface area contributed by atoms with Crippen LogP contribution in [0.15, 0.2) is 30.3 Å². The molecule has 0 radical (unpaired) electrons. The third kappa shape index (κ3) is 1.73. The van der Waals surface area contributed by atoms with Crippen LogP contribution in [0.3, 0.4) is 0 Å². The molecule has 4 heteroatoms. The Morgan fingerprint density at radius 2 is 2.00 bits per heavy atom. The van der Waals surface area contributed by atoms with E-state index >= 15 is 0 Å². The van der Waals surface area contributed by atoms with E-state index in [1.165, 1.54) is 0 Å². The standard InChI is InChI=1S/C12H9IO3/c13-6-8-5-7-3-1-2-4-9(7)10(11(8)14)12(15)16/h1-5,14H,6H2,(H,15,16). The highest BCUT2D eigenvalue weighted by molar-refractivity contribution is 14.1. The minimum absolute atomic E-state index is 0.00948. The first-order valence-electron chi connectivity index (χ1n) is 4.68. The van der Waals surface area contributed by atoms with E-state index in [2.05, 4.69) is 22.6 Å². The summed E-state index contributed by atoms with van der Waals surface area (Å²) in [6, 6.07) is 8.98. The molecule has 0 aliphatic rings. The first-order chi connectivity index (χ1) is 7.65. The van der Waals surface area contributed by atoms with Crippen LogP contribution >= 0.6 is 22.6 Å². The van der Waals surface area contributed by atoms with Gasteiger partial charge in [-0.15, -0.1) is 0 Å². The largest absolute Gasteiger partial charge is 0.507 e. The van der Waals surface area contributed by atoms with Crippen LogP contribution in [0.5, 0.6) is 5.75 Å². The monoisotopic (exact) mass is 328 g/mol. The Hall–Kier alpha value is -1.30. The second-order valence-corrected chi connectivity index (χ2v) is 4.18. The predicted molar refractivity (Wildman–Crippen MR) is 70.3 cm³/mol. The van der Waals surface area contributed by atoms with Crippen molar-refractivity contribution in [3.63, 3.8) is 0 Å². The lowest BCUT2D eigenvalue weighted by molar-refractivity contribution is 0.0696. The minimum atomic E-state index is -1.10. The number of carboxylic acids is 1. The summed E-state index contributed by atoms with van der Waals surface area (Å²) in [4.78, 5) is 11.1. The Morgan fingerprint density at radius 3 is 2.62 bits per heavy atom. The molecule has 2 rings (SSSR count). The van der Waals surface area contributed by atoms with Crippen LogP contribution in [-0.2, 0) is 4.43 Å². The molecular weight excluding hydrogens is 319 g/mol. The lowest BCUT2D eigenvalue weighted by Gasteiger charge is -2.09. The number of phenols is 1. The highest BCUT2D eigenvalue weighted by Gasteiger charge is 2.17. The molecule has 0 unspecified atom stereocenters. The zero-order valence-corrected chi connectivity index (χ0v) is 10.4. The van der Waals surface area contributed by atoms with Crippen molar-refractivity contribution in [2.45, 2.75) is 4.43 Å². The molecule has 3 nitrogen and oxygen atoms in total. The van der Waals surface area contributed by atoms with Crippen LogP contribution in [0.2, 0.25) is 0 Å². The smallest absolute Gasteiger partial charge is 0.340 e. The maximum absolute atomic E-state index is 11.1. The van der Waals surface area contributed by atoms with Crippen LogP contribution in [-0.4, -0.2) is 16.2 Å². The molecule has 2 N–H and O–H groups in total. The van der Waals surface area contributed by atoms with Crippen molar-refractivity contribution in [1.29, 1.82) is 0 Å². The second kappa shape index (κ2) is 4.29. The van der Waals surface area contributed by atoms with Crippen molar-refractivity contribution in [2.24, 2.45) is 0 Å². The van der Waals surface area contributed by atoms with E-state index in [1.807, 2.05) is 18.2 Å². The normalized spacial score (nSPS) is 10.6. The maximum atomic E-state index is 11.1. The van der Waals surface area contributed by atoms with Gasteiger partial charge in [0, 0.05) is 9.99 Å². The molecule has 0 heterocycles. The number of hydrogen-bond donors (Lipinski definition) is 2. The van der Waals surface area contributed by atoms with E-state index in [0.717, 1.165) is 5.39 Å². The molecule has 0 fully saturated rings. The number of benzene rings is 2. The Kier molecular flexibility index (Phi) is 3.00. The highest BCUT2D eigenvalue weighted by atomic mass is 127. The van der Waals surface area contributed by atoms with Gasteiger partial charge in [-0.3, -0.25) is 0 Å². The molecule has 16 heavy (non-hydrogen) atoms. The fraction of sp³-hybridized carbons (Fsp3) is 0.0833. The molecule has 0 saturated heterocycles. The Morgan fingerprint density at radius 1 is 1.31 bits per heavy atom. The third-order valence-corrected chi connectivity index (χ3v) is 3.28. The summed E-state index contributed by atoms with van der Waals surface area (Å²) < 4.78 is 0.578. The molecule has 0 amide bonds. The number of rotatable bonds is 2. The number of fused-ring (bicyclic) bond motifs is 1. The first kappa shape index (κ1) is 11.2. The fourth-order valence-electron chi connectivity index (χ4n) is 1.71. The summed E-state index contributed by atoms with van der Waals surface area (Å²) >= 11 is 2.10. The Bertz CT molecular complexity index is 563. The Labute approximate surface area is 106 Å². The third-order valence-electron chi connectivity index (χ3n) is 2.46. The average molecular weight is 328 g/mol. The van der Waals surface area contributed by atoms with Gasteiger partial charge in [-0.1, -0.05) is 46.9 Å². The van der Waals surface area contributed by atoms with E-state index in [-0.39, 0.29) is 11.3 Å². The van der Waals surface area contributed by atoms with Crippen molar-refractivity contribution in [2.75, 3.05) is 0 Å². The van der Waals surface area contributed by atoms with E-state index in [1.54, 1.807) is 12.1 Å². The molecular formula is C12H9IO3. The highest BCUT2D eigenvalue weighted by Crippen LogP contribution is 2.32. The molecule has 0 atom stereocenters. The summed E-state index contributed by atoms with van der Waals surface area (Å²) in [5.41, 5.74) is 0.640. The number of aromatic hydroxyl groups is 1. The van der Waals surface area contributed by atoms with Gasteiger partial charge < -0.3 is 10.2 Å². The summed E-state index contributed by atoms with van der Waals surface area (Å²) in [6.45, 7) is 0. The summed E-state index contributed by atoms with van der Waals surface area (Å²) in [7, 11) is 0. The van der Waals surface area contributed by atoms with Gasteiger partial charge in [-0.2, -0.15) is 0 Å². The predicted octanol–water partition coefficient (Wildman–Crippen LogP) is 3.18. The number of carboxylic acid groups (broad SMARTS) is 1. The Balaban J connectivity index is 2.91. The van der Waals surface area contributed by atoms with Gasteiger partial charge in [0.1, 0.15) is 11.3 Å². The molecule has 0 saturated carbocycles. The summed E-state index contributed by atoms with van der Waals surface area (Å²) in [5.74, 6) is -1.22. The summed E-state index contributed by atoms with van der Waals surface area (Å²) in [5, 5.41) is 20.4. The maximum Gasteiger partial charge on any atom is 0.340 e. The number of hydrogen-bond acceptors (Lipinski definition) is 2. The van der Waals surface area contributed by atoms with E-state index in [4.69, 9.17) is 5.11 Å². The number of carbonyl (C=O) groups is 1. The number of halogens is 1. The lowest BCUT2D eigenvalue weighted by atomic mass is 10.00. The molecule has 0 aliphatic carbocycles. The molecule has 82 valence electrons. The molecule has 0 spiro atoms. The van der Waals surface area contributed by atoms with Gasteiger partial charge in [-0.25, -0.2) is 4.79 Å². The second-order valence-electron chi connectivity index (χ2n) is 3.42. The molecule has 0 aliphatic heterocycles. The van der Waals surface area contributed by atoms with Crippen LogP contribution in [0.4, 0.5) is 0 Å². The molecule has 0 bridgehead atoms. The molecule has 0 aromatic heterocycles. The van der Waals surface area contributed by atoms with Gasteiger partial charge in [0.15, 0.2) is 0 Å². The van der Waals surface area contributed by atoms with Crippen molar-refractivity contribution < 1.29 is 15.0 Å². The van der Waals surface area contributed by atoms with E-state index < -0.39 is 5.97 Å². The minimum Gasteiger partial charge on any atom is -0.507 e. The van der Waals surface area contributed by atoms with Crippen LogP contribution in [0.1, 0.15) is 15.9 Å². The summed E-state index contributed by atoms with van der Waals surface area (Å²) in [6.07, 6.45) is 0. The lowest BCUT2D eigenvalue weighted by Crippen LogP contribution is -2.00. The van der Waals surface area contributed by atoms with Gasteiger partial charge in [-0.05, 0) is 16.8 Å². The van der Waals surface area contributed by atoms with Crippen molar-refractivity contribution in [3.05, 3.63) is 41.5 Å². The van der Waals surface area contributed by atoms with Gasteiger partial charge >= 0.3 is 5.97 Å². The molecule has 2 aromatic carbocycles. The van der Waals surface area contributed by atoms with Crippen LogP contribution in [0.25, 0.3) is 10.8 Å². The topological polar surface area (TPSA) is 57.5 Å². The molecule has 2 aromatic rings. The van der Waals surface area contributed by atoms with Gasteiger partial charge in [0.2, 0.25) is 0 Å². The van der Waals surface area contributed by atoms with Crippen molar-refractivity contribution in [3.8, 4) is 5.75 Å². The van der Waals surface area contributed by atoms with Gasteiger partial charge in [0.25, 0.3) is 0 Å². The van der Waals surface area contributed by atoms with E-state index in [9.17, 15) is 9.90 Å². The zero-order valence-electron chi connectivity index (χ0n) is 8.27. The first-order valence-corrected chi connectivity index (χ1v) is 6.20. The average Bonchev–Trinajstić information content (AvgIpc) is 2.27. The van der Waals surface area contributed by atoms with Crippen LogP contribution < -0.4 is 0 Å².